The number of rotatable bonds is 6. The van der Waals surface area contributed by atoms with Gasteiger partial charge in [0.05, 0.1) is 36.9 Å². The number of benzene rings is 1. The van der Waals surface area contributed by atoms with Crippen LogP contribution in [0.4, 0.5) is 20.2 Å². The molecule has 1 aromatic carbocycles. The third-order valence-corrected chi connectivity index (χ3v) is 7.54. The number of aliphatic hydroxyl groups excluding tert-OH is 1. The van der Waals surface area contributed by atoms with Crippen molar-refractivity contribution in [3.63, 3.8) is 0 Å². The number of hydrogen-bond donors (Lipinski definition) is 3. The van der Waals surface area contributed by atoms with Gasteiger partial charge in [0, 0.05) is 43.9 Å². The molecule has 39 heavy (non-hydrogen) atoms. The van der Waals surface area contributed by atoms with E-state index in [1.54, 1.807) is 25.3 Å². The highest BCUT2D eigenvalue weighted by molar-refractivity contribution is 6.04. The normalized spacial score (nSPS) is 22.3. The molecule has 206 valence electrons. The van der Waals surface area contributed by atoms with E-state index in [4.69, 9.17) is 15.2 Å². The Labute approximate surface area is 225 Å². The molecule has 3 aromatic rings. The SMILES string of the molecule is COC1(c2cc(C)c(-c3nc(C(=O)Nc4cnccc4N4C[C@@H](N)[C@H](O)[C@@H](C)C4)ccc3F)c(F)c2)COC1. The summed E-state index contributed by atoms with van der Waals surface area (Å²) in [5.41, 5.74) is 7.11. The summed E-state index contributed by atoms with van der Waals surface area (Å²) in [6, 6.07) is 6.65. The summed E-state index contributed by atoms with van der Waals surface area (Å²) in [4.78, 5) is 23.5. The first-order chi connectivity index (χ1) is 18.6. The molecule has 9 nitrogen and oxygen atoms in total. The highest BCUT2D eigenvalue weighted by atomic mass is 19.1. The third-order valence-electron chi connectivity index (χ3n) is 7.54. The van der Waals surface area contributed by atoms with Crippen LogP contribution in [-0.2, 0) is 15.1 Å². The average Bonchev–Trinajstić information content (AvgIpc) is 2.87. The first kappa shape index (κ1) is 27.1. The molecule has 0 aliphatic carbocycles. The molecule has 0 bridgehead atoms. The molecule has 2 fully saturated rings. The van der Waals surface area contributed by atoms with Crippen molar-refractivity contribution in [2.75, 3.05) is 43.6 Å². The molecule has 11 heteroatoms. The van der Waals surface area contributed by atoms with E-state index in [-0.39, 0.29) is 22.9 Å². The number of halogens is 2. The largest absolute Gasteiger partial charge is 0.391 e. The smallest absolute Gasteiger partial charge is 0.274 e. The number of aliphatic hydroxyl groups is 1. The molecule has 1 amide bonds. The minimum absolute atomic E-state index is 0.0330. The van der Waals surface area contributed by atoms with E-state index >= 15 is 4.39 Å². The van der Waals surface area contributed by atoms with E-state index in [9.17, 15) is 14.3 Å². The number of hydrogen-bond acceptors (Lipinski definition) is 8. The Morgan fingerprint density at radius 2 is 2.00 bits per heavy atom. The molecule has 2 aliphatic heterocycles. The second kappa shape index (κ2) is 10.6. The number of nitrogens with one attached hydrogen (secondary N) is 1. The Morgan fingerprint density at radius 1 is 1.23 bits per heavy atom. The molecular weight excluding hydrogens is 508 g/mol. The maximum Gasteiger partial charge on any atom is 0.274 e. The van der Waals surface area contributed by atoms with Crippen LogP contribution in [0.15, 0.2) is 42.7 Å². The van der Waals surface area contributed by atoms with Crippen molar-refractivity contribution in [1.82, 2.24) is 9.97 Å². The maximum absolute atomic E-state index is 15.4. The van der Waals surface area contributed by atoms with Gasteiger partial charge in [0.15, 0.2) is 0 Å². The Hall–Kier alpha value is -3.51. The number of pyridine rings is 2. The lowest BCUT2D eigenvalue weighted by molar-refractivity contribution is -0.202. The van der Waals surface area contributed by atoms with Crippen molar-refractivity contribution < 1.29 is 28.2 Å². The number of aromatic nitrogens is 2. The van der Waals surface area contributed by atoms with Crippen LogP contribution < -0.4 is 16.0 Å². The number of nitrogens with two attached hydrogens (primary N) is 1. The van der Waals surface area contributed by atoms with E-state index in [1.165, 1.54) is 25.4 Å². The lowest BCUT2D eigenvalue weighted by atomic mass is 9.88. The van der Waals surface area contributed by atoms with Crippen LogP contribution in [0, 0.1) is 24.5 Å². The third kappa shape index (κ3) is 4.98. The molecule has 4 N–H and O–H groups in total. The van der Waals surface area contributed by atoms with Gasteiger partial charge in [0.25, 0.3) is 5.91 Å². The van der Waals surface area contributed by atoms with Gasteiger partial charge < -0.3 is 30.5 Å². The molecule has 2 aromatic heterocycles. The Bertz CT molecular complexity index is 1360. The number of methoxy groups -OCH3 is 1. The van der Waals surface area contributed by atoms with Gasteiger partial charge in [-0.2, -0.15) is 0 Å². The van der Waals surface area contributed by atoms with Crippen LogP contribution in [0.25, 0.3) is 11.3 Å². The zero-order valence-electron chi connectivity index (χ0n) is 21.9. The fourth-order valence-electron chi connectivity index (χ4n) is 5.20. The van der Waals surface area contributed by atoms with E-state index in [0.29, 0.717) is 48.8 Å². The molecule has 2 saturated heterocycles. The summed E-state index contributed by atoms with van der Waals surface area (Å²) >= 11 is 0. The van der Waals surface area contributed by atoms with Crippen LogP contribution in [0.3, 0.4) is 0 Å². The zero-order chi connectivity index (χ0) is 27.9. The quantitative estimate of drug-likeness (QED) is 0.437. The summed E-state index contributed by atoms with van der Waals surface area (Å²) in [7, 11) is 1.53. The summed E-state index contributed by atoms with van der Waals surface area (Å²) in [5.74, 6) is -2.12. The first-order valence-electron chi connectivity index (χ1n) is 12.7. The first-order valence-corrected chi connectivity index (χ1v) is 12.7. The van der Waals surface area contributed by atoms with Gasteiger partial charge in [-0.3, -0.25) is 9.78 Å². The number of anilines is 2. The van der Waals surface area contributed by atoms with Crippen molar-refractivity contribution in [2.24, 2.45) is 11.7 Å². The monoisotopic (exact) mass is 539 g/mol. The van der Waals surface area contributed by atoms with Gasteiger partial charge in [0.2, 0.25) is 0 Å². The molecule has 0 spiro atoms. The van der Waals surface area contributed by atoms with Crippen LogP contribution in [0.2, 0.25) is 0 Å². The van der Waals surface area contributed by atoms with Crippen LogP contribution in [0.1, 0.15) is 28.5 Å². The number of carbonyl (C=O) groups is 1. The molecule has 4 heterocycles. The number of nitrogens with zero attached hydrogens (tertiary/aromatic N) is 3. The van der Waals surface area contributed by atoms with E-state index in [0.717, 1.165) is 6.07 Å². The minimum Gasteiger partial charge on any atom is -0.391 e. The van der Waals surface area contributed by atoms with Crippen LogP contribution in [0.5, 0.6) is 0 Å². The summed E-state index contributed by atoms with van der Waals surface area (Å²) in [6.45, 7) is 5.07. The molecule has 2 aliphatic rings. The van der Waals surface area contributed by atoms with Crippen LogP contribution in [-0.4, -0.2) is 66.5 Å². The number of aryl methyl sites for hydroxylation is 1. The molecule has 0 saturated carbocycles. The topological polar surface area (TPSA) is 123 Å². The van der Waals surface area contributed by atoms with Crippen molar-refractivity contribution in [3.8, 4) is 11.3 Å². The lowest BCUT2D eigenvalue weighted by Gasteiger charge is -2.40. The highest BCUT2D eigenvalue weighted by Gasteiger charge is 2.41. The Morgan fingerprint density at radius 3 is 2.64 bits per heavy atom. The van der Waals surface area contributed by atoms with Crippen molar-refractivity contribution in [2.45, 2.75) is 31.6 Å². The highest BCUT2D eigenvalue weighted by Crippen LogP contribution is 2.37. The molecule has 5 rings (SSSR count). The number of piperidine rings is 1. The molecule has 0 unspecified atom stereocenters. The van der Waals surface area contributed by atoms with Crippen molar-refractivity contribution in [1.29, 1.82) is 0 Å². The predicted molar refractivity (Wildman–Crippen MR) is 141 cm³/mol. The predicted octanol–water partition coefficient (Wildman–Crippen LogP) is 3.00. The van der Waals surface area contributed by atoms with Gasteiger partial charge in [-0.25, -0.2) is 13.8 Å². The lowest BCUT2D eigenvalue weighted by Crippen LogP contribution is -2.55. The molecule has 3 atom stereocenters. The minimum atomic E-state index is -0.758. The number of amides is 1. The average molecular weight is 540 g/mol. The second-order valence-electron chi connectivity index (χ2n) is 10.3. The summed E-state index contributed by atoms with van der Waals surface area (Å²) in [5, 5.41) is 13.0. The second-order valence-corrected chi connectivity index (χ2v) is 10.3. The van der Waals surface area contributed by atoms with Crippen molar-refractivity contribution in [3.05, 3.63) is 71.2 Å². The Kier molecular flexibility index (Phi) is 7.34. The Balaban J connectivity index is 1.43. The standard InChI is InChI=1S/C28H31F2N5O4/c1-15-8-17(28(38-3)13-39-14-28)9-19(30)24(15)25-18(29)4-5-21(33-25)27(37)34-22-10-32-7-6-23(22)35-11-16(2)26(36)20(31)12-35/h4-10,16,20,26,36H,11-14,31H2,1-3H3,(H,34,37)/t16-,20+,26+/m0/s1. The van der Waals surface area contributed by atoms with Crippen molar-refractivity contribution >= 4 is 17.3 Å². The fraction of sp³-hybridized carbons (Fsp3) is 0.393. The van der Waals surface area contributed by atoms with E-state index < -0.39 is 35.3 Å². The van der Waals surface area contributed by atoms with Gasteiger partial charge in [0.1, 0.15) is 28.6 Å². The number of ether oxygens (including phenoxy) is 2. The van der Waals surface area contributed by atoms with Gasteiger partial charge >= 0.3 is 0 Å². The van der Waals surface area contributed by atoms with E-state index in [1.807, 2.05) is 11.8 Å². The maximum atomic E-state index is 15.4. The van der Waals surface area contributed by atoms with Gasteiger partial charge in [-0.05, 0) is 42.3 Å². The zero-order valence-corrected chi connectivity index (χ0v) is 21.9. The fourth-order valence-corrected chi connectivity index (χ4v) is 5.20. The van der Waals surface area contributed by atoms with Gasteiger partial charge in [-0.15, -0.1) is 0 Å². The molecular formula is C28H31F2N5O4. The van der Waals surface area contributed by atoms with E-state index in [2.05, 4.69) is 15.3 Å². The van der Waals surface area contributed by atoms with Crippen LogP contribution >= 0.6 is 0 Å². The van der Waals surface area contributed by atoms with Gasteiger partial charge in [-0.1, -0.05) is 13.0 Å². The number of carbonyl (C=O) groups excluding carboxylic acids is 1. The summed E-state index contributed by atoms with van der Waals surface area (Å²) < 4.78 is 41.1. The molecule has 0 radical (unpaired) electrons. The summed E-state index contributed by atoms with van der Waals surface area (Å²) in [6.07, 6.45) is 2.47.